The van der Waals surface area contributed by atoms with E-state index in [0.29, 0.717) is 5.41 Å². The lowest BCUT2D eigenvalue weighted by Gasteiger charge is -2.58. The van der Waals surface area contributed by atoms with Crippen LogP contribution in [0.15, 0.2) is 0 Å². The fourth-order valence-corrected chi connectivity index (χ4v) is 6.49. The van der Waals surface area contributed by atoms with Crippen molar-refractivity contribution >= 4 is 0 Å². The molecule has 4 saturated carbocycles. The summed E-state index contributed by atoms with van der Waals surface area (Å²) in [5.41, 5.74) is 1.46. The molecule has 0 aromatic heterocycles. The van der Waals surface area contributed by atoms with Crippen molar-refractivity contribution in [3.8, 4) is 6.07 Å². The van der Waals surface area contributed by atoms with E-state index in [9.17, 15) is 5.26 Å². The van der Waals surface area contributed by atoms with E-state index in [1.807, 2.05) is 0 Å². The lowest BCUT2D eigenvalue weighted by Crippen LogP contribution is -2.47. The van der Waals surface area contributed by atoms with Crippen LogP contribution in [0.4, 0.5) is 0 Å². The molecule has 4 rings (SSSR count). The minimum Gasteiger partial charge on any atom is -0.198 e. The van der Waals surface area contributed by atoms with Crippen LogP contribution in [0, 0.1) is 33.5 Å². The maximum absolute atomic E-state index is 9.64. The number of nitrogens with zero attached hydrogens (tertiary/aromatic N) is 1. The third-order valence-corrected chi connectivity index (χ3v) is 8.01. The number of nitriles is 1. The average Bonchev–Trinajstić information content (AvgIpc) is 2.57. The molecule has 4 fully saturated rings. The topological polar surface area (TPSA) is 23.8 Å². The van der Waals surface area contributed by atoms with E-state index in [2.05, 4.69) is 19.9 Å². The first-order valence-electron chi connectivity index (χ1n) is 10.0. The van der Waals surface area contributed by atoms with Gasteiger partial charge in [-0.15, -0.1) is 0 Å². The van der Waals surface area contributed by atoms with Gasteiger partial charge in [-0.05, 0) is 93.8 Å². The van der Waals surface area contributed by atoms with Gasteiger partial charge in [0.2, 0.25) is 0 Å². The maximum Gasteiger partial charge on any atom is 0.0689 e. The molecule has 0 unspecified atom stereocenters. The Morgan fingerprint density at radius 2 is 1.36 bits per heavy atom. The first kappa shape index (κ1) is 16.4. The zero-order chi connectivity index (χ0) is 15.7. The summed E-state index contributed by atoms with van der Waals surface area (Å²) in [4.78, 5) is 0. The van der Waals surface area contributed by atoms with Gasteiger partial charge in [-0.3, -0.25) is 0 Å². The van der Waals surface area contributed by atoms with Gasteiger partial charge in [0.15, 0.2) is 0 Å². The van der Waals surface area contributed by atoms with Crippen LogP contribution in [-0.2, 0) is 0 Å². The summed E-state index contributed by atoms with van der Waals surface area (Å²) in [5.74, 6) is 0.936. The average molecular weight is 302 g/mol. The van der Waals surface area contributed by atoms with Gasteiger partial charge in [0.25, 0.3) is 0 Å². The molecule has 0 amide bonds. The molecule has 0 heterocycles. The zero-order valence-electron chi connectivity index (χ0n) is 14.9. The van der Waals surface area contributed by atoms with Gasteiger partial charge in [-0.1, -0.05) is 26.7 Å². The molecule has 1 nitrogen and oxygen atoms in total. The monoisotopic (exact) mass is 301 g/mol. The van der Waals surface area contributed by atoms with Crippen LogP contribution in [0.5, 0.6) is 0 Å². The van der Waals surface area contributed by atoms with E-state index in [4.69, 9.17) is 0 Å². The molecule has 0 atom stereocenters. The van der Waals surface area contributed by atoms with Crippen molar-refractivity contribution in [3.63, 3.8) is 0 Å². The lowest BCUT2D eigenvalue weighted by molar-refractivity contribution is -0.0683. The molecule has 4 aliphatic carbocycles. The molecular weight excluding hydrogens is 266 g/mol. The molecule has 2 bridgehead atoms. The predicted octanol–water partition coefficient (Wildman–Crippen LogP) is 6.63. The van der Waals surface area contributed by atoms with E-state index in [-0.39, 0.29) is 5.41 Å². The van der Waals surface area contributed by atoms with Crippen molar-refractivity contribution in [2.24, 2.45) is 22.2 Å². The van der Waals surface area contributed by atoms with Gasteiger partial charge < -0.3 is 0 Å². The number of hydrogen-bond donors (Lipinski definition) is 0. The number of hydrogen-bond acceptors (Lipinski definition) is 1. The second-order valence-electron chi connectivity index (χ2n) is 9.03. The van der Waals surface area contributed by atoms with E-state index in [1.54, 1.807) is 0 Å². The van der Waals surface area contributed by atoms with Gasteiger partial charge in [-0.2, -0.15) is 5.26 Å². The summed E-state index contributed by atoms with van der Waals surface area (Å²) in [6.45, 7) is 4.60. The summed E-state index contributed by atoms with van der Waals surface area (Å²) >= 11 is 0. The quantitative estimate of drug-likeness (QED) is 0.559. The molecule has 4 aliphatic rings. The summed E-state index contributed by atoms with van der Waals surface area (Å²) in [6, 6.07) is 2.70. The van der Waals surface area contributed by atoms with Crippen LogP contribution in [0.2, 0.25) is 0 Å². The van der Waals surface area contributed by atoms with Crippen LogP contribution < -0.4 is 0 Å². The van der Waals surface area contributed by atoms with Crippen molar-refractivity contribution in [2.45, 2.75) is 104 Å². The molecule has 0 aromatic rings. The predicted molar refractivity (Wildman–Crippen MR) is 92.4 cm³/mol. The molecule has 124 valence electrons. The van der Waals surface area contributed by atoms with Gasteiger partial charge >= 0.3 is 0 Å². The Balaban J connectivity index is 1.62. The molecule has 0 spiro atoms. The summed E-state index contributed by atoms with van der Waals surface area (Å²) in [6.07, 6.45) is 19.2. The Hall–Kier alpha value is -0.510. The first-order chi connectivity index (χ1) is 10.6. The minimum atomic E-state index is 0.0389. The Bertz CT molecular complexity index is 397. The third kappa shape index (κ3) is 2.72. The van der Waals surface area contributed by atoms with Gasteiger partial charge in [0.1, 0.15) is 0 Å². The second kappa shape index (κ2) is 6.18. The fraction of sp³-hybridized carbons (Fsp3) is 0.952. The lowest BCUT2D eigenvalue weighted by atomic mass is 9.47. The zero-order valence-corrected chi connectivity index (χ0v) is 14.9. The smallest absolute Gasteiger partial charge is 0.0689 e. The Labute approximate surface area is 137 Å². The van der Waals surface area contributed by atoms with Crippen molar-refractivity contribution < 1.29 is 0 Å². The Morgan fingerprint density at radius 3 is 1.82 bits per heavy atom. The number of rotatable bonds is 5. The molecule has 22 heavy (non-hydrogen) atoms. The molecule has 1 heteroatoms. The van der Waals surface area contributed by atoms with Crippen molar-refractivity contribution in [3.05, 3.63) is 0 Å². The summed E-state index contributed by atoms with van der Waals surface area (Å²) in [7, 11) is 0. The van der Waals surface area contributed by atoms with Crippen LogP contribution in [0.3, 0.4) is 0 Å². The number of fused-ring (bicyclic) bond motifs is 3. The van der Waals surface area contributed by atoms with Crippen LogP contribution in [0.25, 0.3) is 0 Å². The van der Waals surface area contributed by atoms with E-state index in [0.717, 1.165) is 17.8 Å². The molecule has 0 aromatic carbocycles. The van der Waals surface area contributed by atoms with E-state index >= 15 is 0 Å². The highest BCUT2D eigenvalue weighted by Crippen LogP contribution is 2.64. The van der Waals surface area contributed by atoms with Gasteiger partial charge in [-0.25, -0.2) is 0 Å². The molecule has 0 N–H and O–H groups in total. The molecule has 0 aliphatic heterocycles. The summed E-state index contributed by atoms with van der Waals surface area (Å²) < 4.78 is 0. The Morgan fingerprint density at radius 1 is 0.818 bits per heavy atom. The second-order valence-corrected chi connectivity index (χ2v) is 9.03. The maximum atomic E-state index is 9.64. The van der Waals surface area contributed by atoms with Crippen molar-refractivity contribution in [1.29, 1.82) is 5.26 Å². The molecule has 0 radical (unpaired) electrons. The highest BCUT2D eigenvalue weighted by atomic mass is 14.6. The van der Waals surface area contributed by atoms with Crippen LogP contribution in [-0.4, -0.2) is 0 Å². The SMILES string of the molecule is CCCC1(C#N)CCC(C23CCC(CCC)(CC2)CC3)CC1. The standard InChI is InChI=1S/C21H35N/c1-3-7-19-11-14-21(15-12-19,16-13-19)18-5-9-20(17-22,8-4-2)10-6-18/h18H,3-16H2,1-2H3. The highest BCUT2D eigenvalue weighted by molar-refractivity contribution is 5.07. The van der Waals surface area contributed by atoms with Crippen LogP contribution in [0.1, 0.15) is 104 Å². The van der Waals surface area contributed by atoms with Crippen molar-refractivity contribution in [2.75, 3.05) is 0 Å². The van der Waals surface area contributed by atoms with Gasteiger partial charge in [0.05, 0.1) is 11.5 Å². The van der Waals surface area contributed by atoms with Crippen LogP contribution >= 0.6 is 0 Å². The molecule has 0 saturated heterocycles. The van der Waals surface area contributed by atoms with Gasteiger partial charge in [0, 0.05) is 0 Å². The van der Waals surface area contributed by atoms with Crippen molar-refractivity contribution in [1.82, 2.24) is 0 Å². The van der Waals surface area contributed by atoms with E-state index < -0.39 is 0 Å². The molecular formula is C21H35N. The van der Waals surface area contributed by atoms with E-state index in [1.165, 1.54) is 83.5 Å². The normalized spacial score (nSPS) is 44.7. The largest absolute Gasteiger partial charge is 0.198 e. The fourth-order valence-electron chi connectivity index (χ4n) is 6.49. The first-order valence-corrected chi connectivity index (χ1v) is 10.0. The Kier molecular flexibility index (Phi) is 4.59. The minimum absolute atomic E-state index is 0.0389. The highest BCUT2D eigenvalue weighted by Gasteiger charge is 2.52. The summed E-state index contributed by atoms with van der Waals surface area (Å²) in [5, 5.41) is 9.64. The third-order valence-electron chi connectivity index (χ3n) is 8.01.